The normalized spacial score (nSPS) is 18.1. The number of nitrogens with zero attached hydrogens (tertiary/aromatic N) is 3. The predicted molar refractivity (Wildman–Crippen MR) is 146 cm³/mol. The smallest absolute Gasteiger partial charge is 0.161 e. The van der Waals surface area contributed by atoms with Gasteiger partial charge in [0.2, 0.25) is 0 Å². The van der Waals surface area contributed by atoms with E-state index in [1.54, 1.807) is 42.6 Å². The van der Waals surface area contributed by atoms with E-state index in [-0.39, 0.29) is 17.8 Å². The molecule has 2 fully saturated rings. The molecule has 2 N–H and O–H groups in total. The van der Waals surface area contributed by atoms with Gasteiger partial charge in [-0.2, -0.15) is 5.26 Å². The summed E-state index contributed by atoms with van der Waals surface area (Å²) in [5.74, 6) is 0.332. The molecular formula is C31H30FN3O5. The number of aliphatic hydroxyl groups excluding tert-OH is 2. The van der Waals surface area contributed by atoms with E-state index in [0.29, 0.717) is 72.9 Å². The first-order valence-corrected chi connectivity index (χ1v) is 13.6. The van der Waals surface area contributed by atoms with Crippen molar-refractivity contribution >= 4 is 11.1 Å². The monoisotopic (exact) mass is 543 g/mol. The molecule has 4 heterocycles. The summed E-state index contributed by atoms with van der Waals surface area (Å²) < 4.78 is 32.9. The van der Waals surface area contributed by atoms with Crippen molar-refractivity contribution in [3.63, 3.8) is 0 Å². The SMILES string of the molecule is N#Cc1cc(-c2ccnc3cc(-c4ccc(C(O)N5CCC(O)CC5)cc4F)oc23)ccc1OC1CCOCC1. The maximum Gasteiger partial charge on any atom is 0.161 e. The Morgan fingerprint density at radius 1 is 1.02 bits per heavy atom. The maximum atomic E-state index is 15.3. The van der Waals surface area contributed by atoms with E-state index in [4.69, 9.17) is 13.9 Å². The third-order valence-electron chi connectivity index (χ3n) is 7.69. The van der Waals surface area contributed by atoms with Crippen molar-refractivity contribution in [2.45, 2.75) is 44.1 Å². The standard InChI is InChI=1S/C31H30FN3O5/c32-26-16-20(31(37)35-11-6-22(36)7-12-35)1-3-25(26)29-17-27-30(40-29)24(5-10-34-27)19-2-4-28(21(15-19)18-33)39-23-8-13-38-14-9-23/h1-5,10,15-17,22-23,31,36-37H,6-9,11-14H2. The van der Waals surface area contributed by atoms with Crippen LogP contribution in [-0.4, -0.2) is 58.6 Å². The largest absolute Gasteiger partial charge is 0.489 e. The van der Waals surface area contributed by atoms with E-state index in [1.807, 2.05) is 11.0 Å². The van der Waals surface area contributed by atoms with Crippen molar-refractivity contribution in [2.24, 2.45) is 0 Å². The number of likely N-dealkylation sites (tertiary alicyclic amines) is 1. The Kier molecular flexibility index (Phi) is 7.50. The molecule has 40 heavy (non-hydrogen) atoms. The van der Waals surface area contributed by atoms with E-state index >= 15 is 4.39 Å². The summed E-state index contributed by atoms with van der Waals surface area (Å²) in [7, 11) is 0. The molecule has 6 rings (SSSR count). The first-order valence-electron chi connectivity index (χ1n) is 13.6. The molecule has 2 aromatic heterocycles. The third-order valence-corrected chi connectivity index (χ3v) is 7.69. The number of hydrogen-bond acceptors (Lipinski definition) is 8. The van der Waals surface area contributed by atoms with Crippen LogP contribution in [-0.2, 0) is 4.74 Å². The molecule has 0 spiro atoms. The van der Waals surface area contributed by atoms with Gasteiger partial charge in [-0.25, -0.2) is 4.39 Å². The number of nitriles is 1. The molecule has 0 amide bonds. The molecule has 2 aliphatic rings. The molecule has 206 valence electrons. The summed E-state index contributed by atoms with van der Waals surface area (Å²) in [6.07, 6.45) is 3.08. The number of aliphatic hydroxyl groups is 2. The molecule has 9 heteroatoms. The first-order chi connectivity index (χ1) is 19.5. The highest BCUT2D eigenvalue weighted by Crippen LogP contribution is 2.37. The zero-order valence-corrected chi connectivity index (χ0v) is 21.9. The molecule has 0 bridgehead atoms. The van der Waals surface area contributed by atoms with Crippen LogP contribution < -0.4 is 4.74 Å². The average Bonchev–Trinajstić information content (AvgIpc) is 3.42. The zero-order valence-electron chi connectivity index (χ0n) is 21.9. The van der Waals surface area contributed by atoms with Gasteiger partial charge >= 0.3 is 0 Å². The van der Waals surface area contributed by atoms with E-state index in [9.17, 15) is 15.5 Å². The highest BCUT2D eigenvalue weighted by Gasteiger charge is 2.25. The lowest BCUT2D eigenvalue weighted by Crippen LogP contribution is -2.38. The van der Waals surface area contributed by atoms with Crippen LogP contribution in [0.4, 0.5) is 4.39 Å². The summed E-state index contributed by atoms with van der Waals surface area (Å²) in [4.78, 5) is 6.24. The minimum absolute atomic E-state index is 0.0158. The fourth-order valence-corrected chi connectivity index (χ4v) is 5.39. The highest BCUT2D eigenvalue weighted by molar-refractivity contribution is 5.92. The second-order valence-corrected chi connectivity index (χ2v) is 10.3. The zero-order chi connectivity index (χ0) is 27.6. The molecule has 8 nitrogen and oxygen atoms in total. The van der Waals surface area contributed by atoms with Crippen molar-refractivity contribution in [1.82, 2.24) is 9.88 Å². The van der Waals surface area contributed by atoms with Gasteiger partial charge in [-0.1, -0.05) is 12.1 Å². The van der Waals surface area contributed by atoms with Crippen LogP contribution >= 0.6 is 0 Å². The molecule has 2 aliphatic heterocycles. The number of halogens is 1. The van der Waals surface area contributed by atoms with Crippen LogP contribution in [0.25, 0.3) is 33.6 Å². The minimum atomic E-state index is -0.951. The molecule has 0 aliphatic carbocycles. The summed E-state index contributed by atoms with van der Waals surface area (Å²) >= 11 is 0. The topological polar surface area (TPSA) is 112 Å². The second kappa shape index (κ2) is 11.4. The van der Waals surface area contributed by atoms with Crippen LogP contribution in [0.3, 0.4) is 0 Å². The van der Waals surface area contributed by atoms with Gasteiger partial charge in [0.25, 0.3) is 0 Å². The number of benzene rings is 2. The number of aromatic nitrogens is 1. The van der Waals surface area contributed by atoms with Gasteiger partial charge in [0.1, 0.15) is 41.2 Å². The van der Waals surface area contributed by atoms with Gasteiger partial charge in [-0.3, -0.25) is 9.88 Å². The third kappa shape index (κ3) is 5.31. The van der Waals surface area contributed by atoms with Gasteiger partial charge in [-0.15, -0.1) is 0 Å². The Balaban J connectivity index is 1.27. The average molecular weight is 544 g/mol. The quantitative estimate of drug-likeness (QED) is 0.342. The predicted octanol–water partition coefficient (Wildman–Crippen LogP) is 5.18. The Morgan fingerprint density at radius 2 is 1.82 bits per heavy atom. The Morgan fingerprint density at radius 3 is 2.58 bits per heavy atom. The molecule has 0 saturated carbocycles. The number of piperidine rings is 1. The second-order valence-electron chi connectivity index (χ2n) is 10.3. The Labute approximate surface area is 231 Å². The number of fused-ring (bicyclic) bond motifs is 1. The van der Waals surface area contributed by atoms with E-state index in [1.165, 1.54) is 6.07 Å². The van der Waals surface area contributed by atoms with E-state index in [0.717, 1.165) is 24.0 Å². The van der Waals surface area contributed by atoms with Crippen molar-refractivity contribution in [2.75, 3.05) is 26.3 Å². The van der Waals surface area contributed by atoms with Crippen LogP contribution in [0.1, 0.15) is 43.0 Å². The van der Waals surface area contributed by atoms with Gasteiger partial charge in [0, 0.05) is 43.8 Å². The molecule has 1 unspecified atom stereocenters. The van der Waals surface area contributed by atoms with Gasteiger partial charge < -0.3 is 24.1 Å². The summed E-state index contributed by atoms with van der Waals surface area (Å²) in [5, 5.41) is 30.3. The summed E-state index contributed by atoms with van der Waals surface area (Å²) in [5.41, 5.74) is 3.65. The fraction of sp³-hybridized carbons (Fsp3) is 0.355. The van der Waals surface area contributed by atoms with Crippen LogP contribution in [0.15, 0.2) is 59.1 Å². The van der Waals surface area contributed by atoms with Crippen molar-refractivity contribution in [1.29, 1.82) is 5.26 Å². The van der Waals surface area contributed by atoms with Crippen molar-refractivity contribution in [3.05, 3.63) is 71.7 Å². The molecule has 0 radical (unpaired) electrons. The van der Waals surface area contributed by atoms with Crippen molar-refractivity contribution < 1.29 is 28.5 Å². The van der Waals surface area contributed by atoms with E-state index < -0.39 is 12.0 Å². The van der Waals surface area contributed by atoms with Crippen LogP contribution in [0.5, 0.6) is 5.75 Å². The number of pyridine rings is 1. The Hall–Kier alpha value is -3.81. The molecule has 2 aromatic carbocycles. The number of ether oxygens (including phenoxy) is 2. The highest BCUT2D eigenvalue weighted by atomic mass is 19.1. The van der Waals surface area contributed by atoms with Crippen LogP contribution in [0.2, 0.25) is 0 Å². The fourth-order valence-electron chi connectivity index (χ4n) is 5.39. The lowest BCUT2D eigenvalue weighted by molar-refractivity contribution is -0.0346. The van der Waals surface area contributed by atoms with Gasteiger partial charge in [0.15, 0.2) is 5.58 Å². The van der Waals surface area contributed by atoms with Gasteiger partial charge in [0.05, 0.1) is 30.4 Å². The number of furan rings is 1. The molecule has 1 atom stereocenters. The lowest BCUT2D eigenvalue weighted by Gasteiger charge is -2.33. The van der Waals surface area contributed by atoms with Gasteiger partial charge in [-0.05, 0) is 54.3 Å². The van der Waals surface area contributed by atoms with Crippen LogP contribution in [0, 0.1) is 17.1 Å². The summed E-state index contributed by atoms with van der Waals surface area (Å²) in [6, 6.07) is 15.8. The maximum absolute atomic E-state index is 15.3. The number of rotatable bonds is 6. The van der Waals surface area contributed by atoms with Crippen molar-refractivity contribution in [3.8, 4) is 34.3 Å². The molecule has 2 saturated heterocycles. The lowest BCUT2D eigenvalue weighted by atomic mass is 10.0. The minimum Gasteiger partial charge on any atom is -0.489 e. The molecule has 4 aromatic rings. The van der Waals surface area contributed by atoms with E-state index in [2.05, 4.69) is 11.1 Å². The molecular weight excluding hydrogens is 513 g/mol. The number of hydrogen-bond donors (Lipinski definition) is 2. The first kappa shape index (κ1) is 26.4. The summed E-state index contributed by atoms with van der Waals surface area (Å²) in [6.45, 7) is 2.38. The Bertz CT molecular complexity index is 1550.